The predicted octanol–water partition coefficient (Wildman–Crippen LogP) is 2.32. The molecule has 30 heavy (non-hydrogen) atoms. The van der Waals surface area contributed by atoms with Crippen molar-refractivity contribution in [2.24, 2.45) is 5.73 Å². The van der Waals surface area contributed by atoms with Crippen LogP contribution < -0.4 is 16.0 Å². The van der Waals surface area contributed by atoms with Crippen molar-refractivity contribution in [3.05, 3.63) is 97.2 Å². The minimum Gasteiger partial charge on any atom is -0.440 e. The highest BCUT2D eigenvalue weighted by atomic mass is 16.6. The minimum atomic E-state index is -1.03. The van der Waals surface area contributed by atoms with Crippen molar-refractivity contribution < 1.29 is 14.1 Å². The fraction of sp³-hybridized carbons (Fsp3) is 0.150. The molecule has 0 unspecified atom stereocenters. The molecule has 3 aromatic rings. The van der Waals surface area contributed by atoms with Crippen molar-refractivity contribution in [2.45, 2.75) is 19.4 Å². The number of fused-ring (bicyclic) bond motifs is 1. The van der Waals surface area contributed by atoms with Gasteiger partial charge < -0.3 is 19.5 Å². The van der Waals surface area contributed by atoms with Gasteiger partial charge in [-0.15, -0.1) is 0 Å². The first-order chi connectivity index (χ1) is 14.4. The number of furan rings is 1. The van der Waals surface area contributed by atoms with Gasteiger partial charge in [-0.25, -0.2) is 0 Å². The first kappa shape index (κ1) is 18.9. The second-order valence-corrected chi connectivity index (χ2v) is 6.63. The highest BCUT2D eigenvalue weighted by Crippen LogP contribution is 2.41. The fourth-order valence-corrected chi connectivity index (χ4v) is 3.42. The molecule has 0 spiro atoms. The smallest absolute Gasteiger partial charge is 0.433 e. The van der Waals surface area contributed by atoms with Crippen LogP contribution in [-0.2, 0) is 6.54 Å². The van der Waals surface area contributed by atoms with Gasteiger partial charge in [0.05, 0.1) is 29.8 Å². The number of rotatable bonds is 4. The number of nitriles is 1. The molecule has 10 heteroatoms. The largest absolute Gasteiger partial charge is 0.440 e. The lowest BCUT2D eigenvalue weighted by Gasteiger charge is -2.25. The zero-order valence-electron chi connectivity index (χ0n) is 15.7. The molecule has 0 bridgehead atoms. The van der Waals surface area contributed by atoms with Gasteiger partial charge in [0.2, 0.25) is 5.88 Å². The third-order valence-corrected chi connectivity index (χ3v) is 4.81. The van der Waals surface area contributed by atoms with Crippen LogP contribution in [0, 0.1) is 28.4 Å². The van der Waals surface area contributed by atoms with Crippen molar-refractivity contribution in [1.29, 1.82) is 5.26 Å². The molecule has 0 saturated heterocycles. The summed E-state index contributed by atoms with van der Waals surface area (Å²) in [7, 11) is 0. The zero-order valence-corrected chi connectivity index (χ0v) is 15.7. The lowest BCUT2D eigenvalue weighted by Crippen LogP contribution is -2.33. The number of hydrogen-bond acceptors (Lipinski definition) is 8. The first-order valence-corrected chi connectivity index (χ1v) is 8.86. The maximum Gasteiger partial charge on any atom is 0.433 e. The monoisotopic (exact) mass is 405 g/mol. The Morgan fingerprint density at radius 2 is 2.17 bits per heavy atom. The molecule has 0 amide bonds. The SMILES string of the molecule is Cc1cc2c(c(=O)n1Cc1ccccn1)[C@@H](c1ccc([N+](=O)[O-])o1)C(C#N)=C(N)O2. The Kier molecular flexibility index (Phi) is 4.56. The van der Waals surface area contributed by atoms with Crippen molar-refractivity contribution in [1.82, 2.24) is 9.55 Å². The highest BCUT2D eigenvalue weighted by molar-refractivity contribution is 5.54. The molecular weight excluding hydrogens is 390 g/mol. The summed E-state index contributed by atoms with van der Waals surface area (Å²) in [6.07, 6.45) is 1.62. The lowest BCUT2D eigenvalue weighted by atomic mass is 9.88. The topological polar surface area (TPSA) is 150 Å². The summed E-state index contributed by atoms with van der Waals surface area (Å²) < 4.78 is 12.3. The Hall–Kier alpha value is -4.39. The summed E-state index contributed by atoms with van der Waals surface area (Å²) in [4.78, 5) is 28.0. The third-order valence-electron chi connectivity index (χ3n) is 4.81. The van der Waals surface area contributed by atoms with E-state index in [4.69, 9.17) is 14.9 Å². The molecule has 0 fully saturated rings. The normalized spacial score (nSPS) is 15.3. The molecule has 1 aliphatic rings. The average Bonchev–Trinajstić information content (AvgIpc) is 3.21. The standard InChI is InChI=1S/C20H15N5O5/c1-11-8-15-18(20(26)24(11)10-12-4-2-3-7-23-12)17(13(9-21)19(22)30-15)14-5-6-16(29-14)25(27)28/h2-8,17H,10,22H2,1H3/t17-/m1/s1. The van der Waals surface area contributed by atoms with E-state index in [1.54, 1.807) is 31.3 Å². The quantitative estimate of drug-likeness (QED) is 0.513. The number of ether oxygens (including phenoxy) is 1. The summed E-state index contributed by atoms with van der Waals surface area (Å²) in [5.74, 6) is -1.49. The molecule has 0 radical (unpaired) electrons. The second-order valence-electron chi connectivity index (χ2n) is 6.63. The molecule has 0 aliphatic carbocycles. The van der Waals surface area contributed by atoms with Gasteiger partial charge >= 0.3 is 5.88 Å². The van der Waals surface area contributed by atoms with Gasteiger partial charge in [-0.05, 0) is 25.1 Å². The molecule has 1 aliphatic heterocycles. The van der Waals surface area contributed by atoms with Crippen LogP contribution in [0.15, 0.2) is 63.3 Å². The van der Waals surface area contributed by atoms with Crippen LogP contribution in [0.2, 0.25) is 0 Å². The Bertz CT molecular complexity index is 1280. The number of aromatic nitrogens is 2. The molecule has 150 valence electrons. The van der Waals surface area contributed by atoms with Crippen LogP contribution in [-0.4, -0.2) is 14.5 Å². The molecule has 2 N–H and O–H groups in total. The van der Waals surface area contributed by atoms with Crippen molar-refractivity contribution in [3.63, 3.8) is 0 Å². The molecular formula is C20H15N5O5. The summed E-state index contributed by atoms with van der Waals surface area (Å²) >= 11 is 0. The first-order valence-electron chi connectivity index (χ1n) is 8.86. The van der Waals surface area contributed by atoms with E-state index in [1.165, 1.54) is 10.6 Å². The number of aryl methyl sites for hydroxylation is 1. The summed E-state index contributed by atoms with van der Waals surface area (Å²) in [5.41, 5.74) is 6.79. The van der Waals surface area contributed by atoms with Crippen molar-refractivity contribution >= 4 is 5.88 Å². The minimum absolute atomic E-state index is 0.0519. The van der Waals surface area contributed by atoms with Gasteiger partial charge in [-0.2, -0.15) is 5.26 Å². The maximum atomic E-state index is 13.4. The second kappa shape index (κ2) is 7.21. The molecule has 3 aromatic heterocycles. The summed E-state index contributed by atoms with van der Waals surface area (Å²) in [5, 5.41) is 20.7. The van der Waals surface area contributed by atoms with E-state index < -0.39 is 22.3 Å². The molecule has 1 atom stereocenters. The summed E-state index contributed by atoms with van der Waals surface area (Å²) in [6.45, 7) is 1.94. The molecule has 0 aromatic carbocycles. The predicted molar refractivity (Wildman–Crippen MR) is 103 cm³/mol. The van der Waals surface area contributed by atoms with E-state index >= 15 is 0 Å². The molecule has 4 heterocycles. The van der Waals surface area contributed by atoms with E-state index in [2.05, 4.69) is 4.98 Å². The number of nitrogens with zero attached hydrogens (tertiary/aromatic N) is 4. The Balaban J connectivity index is 1.92. The number of pyridine rings is 2. The maximum absolute atomic E-state index is 13.4. The lowest BCUT2D eigenvalue weighted by molar-refractivity contribution is -0.402. The van der Waals surface area contributed by atoms with Crippen LogP contribution in [0.1, 0.15) is 28.6 Å². The average molecular weight is 405 g/mol. The third kappa shape index (κ3) is 3.08. The number of nitrogens with two attached hydrogens (primary N) is 1. The number of nitro groups is 1. The fourth-order valence-electron chi connectivity index (χ4n) is 3.42. The number of allylic oxidation sites excluding steroid dienone is 1. The summed E-state index contributed by atoms with van der Waals surface area (Å²) in [6, 6.07) is 11.4. The van der Waals surface area contributed by atoms with Crippen LogP contribution in [0.25, 0.3) is 0 Å². The van der Waals surface area contributed by atoms with Gasteiger partial charge in [0.1, 0.15) is 28.1 Å². The van der Waals surface area contributed by atoms with Crippen LogP contribution in [0.3, 0.4) is 0 Å². The zero-order chi connectivity index (χ0) is 21.4. The Morgan fingerprint density at radius 3 is 2.80 bits per heavy atom. The van der Waals surface area contributed by atoms with Crippen LogP contribution in [0.5, 0.6) is 5.75 Å². The van der Waals surface area contributed by atoms with E-state index in [0.717, 1.165) is 6.07 Å². The van der Waals surface area contributed by atoms with Gasteiger partial charge in [0.25, 0.3) is 5.56 Å². The molecule has 4 rings (SSSR count). The van der Waals surface area contributed by atoms with E-state index in [9.17, 15) is 20.2 Å². The number of hydrogen-bond donors (Lipinski definition) is 1. The molecule has 0 saturated carbocycles. The highest BCUT2D eigenvalue weighted by Gasteiger charge is 2.37. The van der Waals surface area contributed by atoms with Gasteiger partial charge in [0.15, 0.2) is 0 Å². The van der Waals surface area contributed by atoms with Crippen molar-refractivity contribution in [3.8, 4) is 11.8 Å². The van der Waals surface area contributed by atoms with Crippen LogP contribution >= 0.6 is 0 Å². The van der Waals surface area contributed by atoms with E-state index in [-0.39, 0.29) is 35.1 Å². The van der Waals surface area contributed by atoms with E-state index in [1.807, 2.05) is 12.1 Å². The van der Waals surface area contributed by atoms with Crippen LogP contribution in [0.4, 0.5) is 5.88 Å². The van der Waals surface area contributed by atoms with Gasteiger partial charge in [0, 0.05) is 18.0 Å². The van der Waals surface area contributed by atoms with Gasteiger partial charge in [-0.1, -0.05) is 6.07 Å². The Morgan fingerprint density at radius 1 is 1.37 bits per heavy atom. The molecule has 10 nitrogen and oxygen atoms in total. The van der Waals surface area contributed by atoms with E-state index in [0.29, 0.717) is 11.4 Å². The van der Waals surface area contributed by atoms with Gasteiger partial charge in [-0.3, -0.25) is 19.9 Å². The van der Waals surface area contributed by atoms with Crippen molar-refractivity contribution in [2.75, 3.05) is 0 Å². The Labute approximate surface area is 169 Å².